The zero-order chi connectivity index (χ0) is 11.4. The molecule has 1 aromatic rings. The highest BCUT2D eigenvalue weighted by Crippen LogP contribution is 2.25. The minimum atomic E-state index is -2.66. The molecule has 0 aliphatic carbocycles. The first-order chi connectivity index (χ1) is 7.10. The minimum absolute atomic E-state index is 0.0345. The summed E-state index contributed by atoms with van der Waals surface area (Å²) < 4.78 is 25.0. The van der Waals surface area contributed by atoms with E-state index in [-0.39, 0.29) is 26.9 Å². The summed E-state index contributed by atoms with van der Waals surface area (Å²) in [6, 6.07) is 4.67. The van der Waals surface area contributed by atoms with Crippen LogP contribution in [0.3, 0.4) is 0 Å². The Morgan fingerprint density at radius 2 is 2.13 bits per heavy atom. The number of hydrogen-bond acceptors (Lipinski definition) is 3. The fraction of sp³-hybridized carbons (Fsp3) is 0.222. The Kier molecular flexibility index (Phi) is 3.92. The zero-order valence-corrected chi connectivity index (χ0v) is 9.49. The number of alkyl halides is 2. The summed E-state index contributed by atoms with van der Waals surface area (Å²) in [5.74, 6) is 0. The van der Waals surface area contributed by atoms with Crippen molar-refractivity contribution in [1.82, 2.24) is 4.98 Å². The third kappa shape index (κ3) is 2.60. The Morgan fingerprint density at radius 3 is 2.60 bits per heavy atom. The number of nitrogens with zero attached hydrogens (tertiary/aromatic N) is 3. The molecular formula is C9H4F2IN3. The zero-order valence-electron chi connectivity index (χ0n) is 7.34. The predicted molar refractivity (Wildman–Crippen MR) is 55.9 cm³/mol. The average molecular weight is 319 g/mol. The van der Waals surface area contributed by atoms with Crippen LogP contribution in [0.4, 0.5) is 8.78 Å². The first kappa shape index (κ1) is 11.8. The third-order valence-electron chi connectivity index (χ3n) is 1.68. The molecule has 1 heterocycles. The van der Waals surface area contributed by atoms with E-state index in [0.717, 1.165) is 6.07 Å². The molecule has 0 radical (unpaired) electrons. The molecule has 0 fully saturated rings. The first-order valence-corrected chi connectivity index (χ1v) is 4.92. The van der Waals surface area contributed by atoms with Gasteiger partial charge in [-0.1, -0.05) is 0 Å². The van der Waals surface area contributed by atoms with Gasteiger partial charge in [0.15, 0.2) is 0 Å². The molecule has 1 rings (SSSR count). The third-order valence-corrected chi connectivity index (χ3v) is 2.55. The van der Waals surface area contributed by atoms with Crippen LogP contribution in [0.25, 0.3) is 0 Å². The molecule has 0 atom stereocenters. The number of pyridine rings is 1. The molecule has 0 saturated heterocycles. The summed E-state index contributed by atoms with van der Waals surface area (Å²) in [6.07, 6.45) is -2.71. The molecule has 0 aromatic carbocycles. The van der Waals surface area contributed by atoms with Gasteiger partial charge in [0.25, 0.3) is 6.43 Å². The van der Waals surface area contributed by atoms with Crippen LogP contribution < -0.4 is 0 Å². The van der Waals surface area contributed by atoms with E-state index < -0.39 is 6.43 Å². The molecule has 15 heavy (non-hydrogen) atoms. The molecule has 0 amide bonds. The lowest BCUT2D eigenvalue weighted by atomic mass is 10.1. The van der Waals surface area contributed by atoms with Crippen molar-refractivity contribution in [2.45, 2.75) is 12.8 Å². The van der Waals surface area contributed by atoms with Crippen molar-refractivity contribution in [3.63, 3.8) is 0 Å². The van der Waals surface area contributed by atoms with Gasteiger partial charge in [0.05, 0.1) is 29.3 Å². The monoisotopic (exact) mass is 319 g/mol. The van der Waals surface area contributed by atoms with Crippen molar-refractivity contribution in [1.29, 1.82) is 10.5 Å². The molecular weight excluding hydrogens is 315 g/mol. The second kappa shape index (κ2) is 4.99. The van der Waals surface area contributed by atoms with Gasteiger partial charge in [-0.3, -0.25) is 0 Å². The normalized spacial score (nSPS) is 9.73. The largest absolute Gasteiger partial charge is 0.266 e. The SMILES string of the molecule is N#CCc1nc(I)c(C(F)F)cc1C#N. The molecule has 1 aromatic heterocycles. The van der Waals surface area contributed by atoms with E-state index in [9.17, 15) is 8.78 Å². The molecule has 0 spiro atoms. The van der Waals surface area contributed by atoms with Crippen molar-refractivity contribution < 1.29 is 8.78 Å². The van der Waals surface area contributed by atoms with E-state index in [4.69, 9.17) is 10.5 Å². The Bertz CT molecular complexity index is 460. The summed E-state index contributed by atoms with van der Waals surface area (Å²) >= 11 is 1.66. The van der Waals surface area contributed by atoms with Gasteiger partial charge in [0.1, 0.15) is 9.77 Å². The lowest BCUT2D eigenvalue weighted by molar-refractivity contribution is 0.150. The lowest BCUT2D eigenvalue weighted by Gasteiger charge is -2.05. The topological polar surface area (TPSA) is 60.5 Å². The van der Waals surface area contributed by atoms with Crippen LogP contribution in [0.5, 0.6) is 0 Å². The van der Waals surface area contributed by atoms with Crippen molar-refractivity contribution >= 4 is 22.6 Å². The Morgan fingerprint density at radius 1 is 1.47 bits per heavy atom. The van der Waals surface area contributed by atoms with Gasteiger partial charge >= 0.3 is 0 Å². The van der Waals surface area contributed by atoms with Crippen LogP contribution in [-0.2, 0) is 6.42 Å². The molecule has 0 aliphatic rings. The number of hydrogen-bond donors (Lipinski definition) is 0. The van der Waals surface area contributed by atoms with Gasteiger partial charge in [-0.15, -0.1) is 0 Å². The highest BCUT2D eigenvalue weighted by Gasteiger charge is 2.16. The molecule has 6 heteroatoms. The van der Waals surface area contributed by atoms with Gasteiger partial charge in [-0.25, -0.2) is 13.8 Å². The molecule has 0 unspecified atom stereocenters. The van der Waals surface area contributed by atoms with Crippen LogP contribution in [0.2, 0.25) is 0 Å². The maximum Gasteiger partial charge on any atom is 0.266 e. The molecule has 0 aliphatic heterocycles. The lowest BCUT2D eigenvalue weighted by Crippen LogP contribution is -2.01. The number of rotatable bonds is 2. The van der Waals surface area contributed by atoms with Gasteiger partial charge in [-0.2, -0.15) is 10.5 Å². The van der Waals surface area contributed by atoms with E-state index in [1.807, 2.05) is 6.07 Å². The first-order valence-electron chi connectivity index (χ1n) is 3.84. The number of halogens is 3. The second-order valence-electron chi connectivity index (χ2n) is 2.61. The standard InChI is InChI=1S/C9H4F2IN3/c10-8(11)6-3-5(4-14)7(1-2-13)15-9(6)12/h3,8H,1H2. The minimum Gasteiger partial charge on any atom is -0.244 e. The van der Waals surface area contributed by atoms with E-state index in [1.165, 1.54) is 0 Å². The van der Waals surface area contributed by atoms with Crippen LogP contribution >= 0.6 is 22.6 Å². The molecule has 0 bridgehead atoms. The van der Waals surface area contributed by atoms with E-state index in [1.54, 1.807) is 28.7 Å². The van der Waals surface area contributed by atoms with Gasteiger partial charge in [-0.05, 0) is 28.7 Å². The molecule has 76 valence electrons. The quantitative estimate of drug-likeness (QED) is 0.622. The maximum absolute atomic E-state index is 12.4. The second-order valence-corrected chi connectivity index (χ2v) is 3.63. The van der Waals surface area contributed by atoms with Gasteiger partial charge in [0, 0.05) is 0 Å². The van der Waals surface area contributed by atoms with E-state index in [2.05, 4.69) is 4.98 Å². The smallest absolute Gasteiger partial charge is 0.244 e. The maximum atomic E-state index is 12.4. The van der Waals surface area contributed by atoms with Crippen molar-refractivity contribution in [2.24, 2.45) is 0 Å². The van der Waals surface area contributed by atoms with Crippen molar-refractivity contribution in [3.05, 3.63) is 26.6 Å². The number of aromatic nitrogens is 1. The van der Waals surface area contributed by atoms with Crippen LogP contribution in [-0.4, -0.2) is 4.98 Å². The fourth-order valence-electron chi connectivity index (χ4n) is 1.00. The van der Waals surface area contributed by atoms with Crippen LogP contribution in [0.1, 0.15) is 23.2 Å². The fourth-order valence-corrected chi connectivity index (χ4v) is 1.68. The highest BCUT2D eigenvalue weighted by atomic mass is 127. The summed E-state index contributed by atoms with van der Waals surface area (Å²) in [5.41, 5.74) is 0.00917. The van der Waals surface area contributed by atoms with Crippen LogP contribution in [0, 0.1) is 26.4 Å². The van der Waals surface area contributed by atoms with Crippen LogP contribution in [0.15, 0.2) is 6.07 Å². The summed E-state index contributed by atoms with van der Waals surface area (Å²) in [5, 5.41) is 17.2. The number of nitriles is 2. The summed E-state index contributed by atoms with van der Waals surface area (Å²) in [6.45, 7) is 0. The Labute approximate surface area is 98.5 Å². The van der Waals surface area contributed by atoms with Gasteiger partial charge < -0.3 is 0 Å². The molecule has 3 nitrogen and oxygen atoms in total. The summed E-state index contributed by atoms with van der Waals surface area (Å²) in [7, 11) is 0. The highest BCUT2D eigenvalue weighted by molar-refractivity contribution is 14.1. The summed E-state index contributed by atoms with van der Waals surface area (Å²) in [4.78, 5) is 3.82. The van der Waals surface area contributed by atoms with Gasteiger partial charge in [0.2, 0.25) is 0 Å². The Hall–Kier alpha value is -1.28. The predicted octanol–water partition coefficient (Wildman–Crippen LogP) is 2.56. The Balaban J connectivity index is 3.32. The molecule has 0 N–H and O–H groups in total. The van der Waals surface area contributed by atoms with E-state index >= 15 is 0 Å². The molecule has 0 saturated carbocycles. The van der Waals surface area contributed by atoms with E-state index in [0.29, 0.717) is 0 Å². The average Bonchev–Trinajstić information content (AvgIpc) is 2.18. The van der Waals surface area contributed by atoms with Crippen molar-refractivity contribution in [3.8, 4) is 12.1 Å². The van der Waals surface area contributed by atoms with Crippen molar-refractivity contribution in [2.75, 3.05) is 0 Å².